The molecule has 0 aliphatic rings. The smallest absolute Gasteiger partial charge is 0.235 e. The Morgan fingerprint density at radius 1 is 0.333 bits per heavy atom. The number of benzene rings is 9. The molecule has 0 aliphatic carbocycles. The standard InChI is InChI=1S/C58H36N4S/c1-4-14-37(15-5-1)38-24-26-40(27-25-38)56-57-50(36-55(63-57)39-16-6-2-7-17-39)59-58(60-56)62-52-31-29-43(33-48(52)49-32-41-18-10-11-19-42(41)34-54(49)62)44-28-30-47-46-22-12-13-23-51(46)61(53(47)35-44)45-20-8-3-9-21-45/h1-36H. The number of rotatable bonds is 6. The molecule has 294 valence electrons. The maximum atomic E-state index is 5.54. The van der Waals surface area contributed by atoms with Crippen LogP contribution in [0.5, 0.6) is 0 Å². The van der Waals surface area contributed by atoms with E-state index in [1.54, 1.807) is 11.3 Å². The average Bonchev–Trinajstić information content (AvgIpc) is 4.03. The van der Waals surface area contributed by atoms with Gasteiger partial charge in [0.1, 0.15) is 0 Å². The van der Waals surface area contributed by atoms with Gasteiger partial charge in [-0.3, -0.25) is 4.57 Å². The van der Waals surface area contributed by atoms with E-state index in [0.717, 1.165) is 60.1 Å². The molecular formula is C58H36N4S. The molecule has 9 aromatic carbocycles. The molecule has 0 fully saturated rings. The molecule has 13 rings (SSSR count). The van der Waals surface area contributed by atoms with E-state index in [-0.39, 0.29) is 0 Å². The summed E-state index contributed by atoms with van der Waals surface area (Å²) in [6, 6.07) is 78.6. The lowest BCUT2D eigenvalue weighted by atomic mass is 10.0. The number of para-hydroxylation sites is 2. The van der Waals surface area contributed by atoms with Crippen molar-refractivity contribution in [2.45, 2.75) is 0 Å². The minimum atomic E-state index is 0.652. The maximum absolute atomic E-state index is 5.54. The van der Waals surface area contributed by atoms with E-state index >= 15 is 0 Å². The highest BCUT2D eigenvalue weighted by atomic mass is 32.1. The highest BCUT2D eigenvalue weighted by molar-refractivity contribution is 7.22. The van der Waals surface area contributed by atoms with Crippen molar-refractivity contribution in [3.05, 3.63) is 218 Å². The first kappa shape index (κ1) is 35.6. The van der Waals surface area contributed by atoms with Gasteiger partial charge in [-0.1, -0.05) is 164 Å². The molecule has 4 aromatic heterocycles. The van der Waals surface area contributed by atoms with Crippen molar-refractivity contribution in [2.24, 2.45) is 0 Å². The summed E-state index contributed by atoms with van der Waals surface area (Å²) in [6.07, 6.45) is 0. The molecule has 4 heterocycles. The van der Waals surface area contributed by atoms with Crippen LogP contribution in [-0.2, 0) is 0 Å². The molecule has 0 bridgehead atoms. The molecule has 4 nitrogen and oxygen atoms in total. The van der Waals surface area contributed by atoms with Crippen molar-refractivity contribution in [2.75, 3.05) is 0 Å². The lowest BCUT2D eigenvalue weighted by Gasteiger charge is -2.11. The van der Waals surface area contributed by atoms with Crippen LogP contribution in [0, 0.1) is 0 Å². The SMILES string of the molecule is c1ccc(-c2ccc(-c3nc(-n4c5ccc(-c6ccc7c8ccccc8n(-c8ccccc8)c7c6)cc5c5cc6ccccc6cc54)nc4cc(-c5ccccc5)sc34)cc2)cc1. The van der Waals surface area contributed by atoms with Crippen LogP contribution in [-0.4, -0.2) is 19.1 Å². The van der Waals surface area contributed by atoms with Gasteiger partial charge in [0.15, 0.2) is 0 Å². The zero-order valence-electron chi connectivity index (χ0n) is 34.0. The second-order valence-corrected chi connectivity index (χ2v) is 17.3. The minimum Gasteiger partial charge on any atom is -0.309 e. The summed E-state index contributed by atoms with van der Waals surface area (Å²) >= 11 is 1.75. The van der Waals surface area contributed by atoms with Crippen molar-refractivity contribution in [1.82, 2.24) is 19.1 Å². The van der Waals surface area contributed by atoms with Gasteiger partial charge in [-0.25, -0.2) is 9.97 Å². The molecule has 0 saturated carbocycles. The first-order valence-corrected chi connectivity index (χ1v) is 22.1. The van der Waals surface area contributed by atoms with Crippen LogP contribution in [0.15, 0.2) is 218 Å². The number of hydrogen-bond donors (Lipinski definition) is 0. The average molecular weight is 821 g/mol. The van der Waals surface area contributed by atoms with E-state index in [1.807, 2.05) is 0 Å². The van der Waals surface area contributed by atoms with Crippen LogP contribution >= 0.6 is 11.3 Å². The Morgan fingerprint density at radius 2 is 0.889 bits per heavy atom. The fourth-order valence-electron chi connectivity index (χ4n) is 9.52. The lowest BCUT2D eigenvalue weighted by Crippen LogP contribution is -2.02. The Bertz CT molecular complexity index is 3880. The fraction of sp³-hybridized carbons (Fsp3) is 0. The zero-order valence-corrected chi connectivity index (χ0v) is 34.8. The van der Waals surface area contributed by atoms with E-state index in [9.17, 15) is 0 Å². The van der Waals surface area contributed by atoms with Gasteiger partial charge in [0, 0.05) is 37.7 Å². The number of fused-ring (bicyclic) bond motifs is 8. The first-order chi connectivity index (χ1) is 31.2. The predicted octanol–water partition coefficient (Wildman–Crippen LogP) is 15.7. The maximum Gasteiger partial charge on any atom is 0.235 e. The van der Waals surface area contributed by atoms with E-state index in [1.165, 1.54) is 54.1 Å². The van der Waals surface area contributed by atoms with Crippen molar-refractivity contribution < 1.29 is 0 Å². The largest absolute Gasteiger partial charge is 0.309 e. The van der Waals surface area contributed by atoms with Gasteiger partial charge in [0.25, 0.3) is 0 Å². The summed E-state index contributed by atoms with van der Waals surface area (Å²) in [4.78, 5) is 12.1. The van der Waals surface area contributed by atoms with Gasteiger partial charge in [-0.05, 0) is 93.2 Å². The van der Waals surface area contributed by atoms with E-state index in [2.05, 4.69) is 228 Å². The van der Waals surface area contributed by atoms with Crippen LogP contribution < -0.4 is 0 Å². The van der Waals surface area contributed by atoms with Crippen molar-refractivity contribution in [3.8, 4) is 55.6 Å². The molecule has 0 atom stereocenters. The van der Waals surface area contributed by atoms with Crippen LogP contribution in [0.4, 0.5) is 0 Å². The van der Waals surface area contributed by atoms with E-state index in [0.29, 0.717) is 5.95 Å². The van der Waals surface area contributed by atoms with Crippen molar-refractivity contribution in [1.29, 1.82) is 0 Å². The second kappa shape index (κ2) is 14.2. The van der Waals surface area contributed by atoms with Gasteiger partial charge in [-0.15, -0.1) is 11.3 Å². The normalized spacial score (nSPS) is 11.8. The molecule has 5 heteroatoms. The predicted molar refractivity (Wildman–Crippen MR) is 265 cm³/mol. The molecular weight excluding hydrogens is 785 g/mol. The molecule has 0 spiro atoms. The Kier molecular flexibility index (Phi) is 8.05. The first-order valence-electron chi connectivity index (χ1n) is 21.3. The molecule has 0 radical (unpaired) electrons. The van der Waals surface area contributed by atoms with Gasteiger partial charge in [0.2, 0.25) is 5.95 Å². The third-order valence-electron chi connectivity index (χ3n) is 12.5. The van der Waals surface area contributed by atoms with Gasteiger partial charge < -0.3 is 4.57 Å². The van der Waals surface area contributed by atoms with Crippen LogP contribution in [0.2, 0.25) is 0 Å². The number of thiophene rings is 1. The number of aromatic nitrogens is 4. The molecule has 0 saturated heterocycles. The lowest BCUT2D eigenvalue weighted by molar-refractivity contribution is 1.02. The van der Waals surface area contributed by atoms with Crippen LogP contribution in [0.3, 0.4) is 0 Å². The Hall–Kier alpha value is -8.12. The zero-order chi connectivity index (χ0) is 41.4. The highest BCUT2D eigenvalue weighted by Gasteiger charge is 2.21. The quantitative estimate of drug-likeness (QED) is 0.167. The van der Waals surface area contributed by atoms with Gasteiger partial charge in [-0.2, -0.15) is 0 Å². The third-order valence-corrected chi connectivity index (χ3v) is 13.7. The summed E-state index contributed by atoms with van der Waals surface area (Å²) in [6.45, 7) is 0. The Morgan fingerprint density at radius 3 is 1.68 bits per heavy atom. The van der Waals surface area contributed by atoms with Gasteiger partial charge >= 0.3 is 0 Å². The molecule has 0 amide bonds. The van der Waals surface area contributed by atoms with Crippen LogP contribution in [0.1, 0.15) is 0 Å². The minimum absolute atomic E-state index is 0.652. The second-order valence-electron chi connectivity index (χ2n) is 16.2. The Labute approximate surface area is 367 Å². The topological polar surface area (TPSA) is 35.6 Å². The van der Waals surface area contributed by atoms with Crippen molar-refractivity contribution >= 4 is 75.9 Å². The summed E-state index contributed by atoms with van der Waals surface area (Å²) in [7, 11) is 0. The number of hydrogen-bond acceptors (Lipinski definition) is 3. The summed E-state index contributed by atoms with van der Waals surface area (Å²) in [5.41, 5.74) is 14.4. The van der Waals surface area contributed by atoms with Crippen molar-refractivity contribution in [3.63, 3.8) is 0 Å². The molecule has 0 unspecified atom stereocenters. The molecule has 13 aromatic rings. The monoisotopic (exact) mass is 820 g/mol. The molecule has 0 aliphatic heterocycles. The van der Waals surface area contributed by atoms with E-state index in [4.69, 9.17) is 9.97 Å². The summed E-state index contributed by atoms with van der Waals surface area (Å²) in [5, 5.41) is 7.18. The highest BCUT2D eigenvalue weighted by Crippen LogP contribution is 2.42. The summed E-state index contributed by atoms with van der Waals surface area (Å²) < 4.78 is 5.73. The number of nitrogens with zero attached hydrogens (tertiary/aromatic N) is 4. The van der Waals surface area contributed by atoms with Gasteiger partial charge in [0.05, 0.1) is 38.0 Å². The third kappa shape index (κ3) is 5.82. The van der Waals surface area contributed by atoms with Crippen LogP contribution in [0.25, 0.3) is 120 Å². The molecule has 63 heavy (non-hydrogen) atoms. The van der Waals surface area contributed by atoms with E-state index < -0.39 is 0 Å². The summed E-state index contributed by atoms with van der Waals surface area (Å²) in [5.74, 6) is 0.652. The Balaban J connectivity index is 1.04. The molecule has 0 N–H and O–H groups in total. The fourth-order valence-corrected chi connectivity index (χ4v) is 10.6.